The molecule has 0 saturated carbocycles. The number of hydrogen-bond donors (Lipinski definition) is 1. The van der Waals surface area contributed by atoms with Crippen molar-refractivity contribution in [3.63, 3.8) is 0 Å². The van der Waals surface area contributed by atoms with Gasteiger partial charge in [-0.2, -0.15) is 0 Å². The Morgan fingerprint density at radius 2 is 1.47 bits per heavy atom. The second-order valence-corrected chi connectivity index (χ2v) is 10.2. The molecule has 0 aliphatic rings. The maximum absolute atomic E-state index is 13.0. The maximum atomic E-state index is 13.0. The van der Waals surface area contributed by atoms with Crippen molar-refractivity contribution in [2.45, 2.75) is 21.6 Å². The SMILES string of the molecule is CN(C)S(=O)(=O)c1ccc(CNC(=O)C(Sc2ccccc2)c2ccccc2)cc1. The Hall–Kier alpha value is -2.61. The lowest BCUT2D eigenvalue weighted by Crippen LogP contribution is -2.27. The normalized spacial score (nSPS) is 12.5. The smallest absolute Gasteiger partial charge is 0.242 e. The summed E-state index contributed by atoms with van der Waals surface area (Å²) in [6, 6.07) is 26.0. The summed E-state index contributed by atoms with van der Waals surface area (Å²) in [5, 5.41) is 2.59. The lowest BCUT2D eigenvalue weighted by Gasteiger charge is -2.17. The van der Waals surface area contributed by atoms with Crippen LogP contribution in [0, 0.1) is 0 Å². The number of carbonyl (C=O) groups is 1. The number of nitrogens with zero attached hydrogens (tertiary/aromatic N) is 1. The highest BCUT2D eigenvalue weighted by molar-refractivity contribution is 8.00. The largest absolute Gasteiger partial charge is 0.351 e. The van der Waals surface area contributed by atoms with Crippen LogP contribution in [0.2, 0.25) is 0 Å². The Kier molecular flexibility index (Phi) is 7.31. The molecule has 1 N–H and O–H groups in total. The molecule has 0 spiro atoms. The minimum absolute atomic E-state index is 0.0972. The van der Waals surface area contributed by atoms with Crippen LogP contribution in [0.3, 0.4) is 0 Å². The van der Waals surface area contributed by atoms with Gasteiger partial charge in [0.15, 0.2) is 0 Å². The number of amides is 1. The van der Waals surface area contributed by atoms with Crippen molar-refractivity contribution < 1.29 is 13.2 Å². The summed E-state index contributed by atoms with van der Waals surface area (Å²) in [5.74, 6) is -0.0972. The van der Waals surface area contributed by atoms with E-state index in [1.165, 1.54) is 30.2 Å². The molecule has 0 aliphatic carbocycles. The number of sulfonamides is 1. The Labute approximate surface area is 182 Å². The van der Waals surface area contributed by atoms with Crippen molar-refractivity contribution in [3.05, 3.63) is 96.1 Å². The van der Waals surface area contributed by atoms with Crippen molar-refractivity contribution in [3.8, 4) is 0 Å². The van der Waals surface area contributed by atoms with Gasteiger partial charge in [-0.3, -0.25) is 4.79 Å². The third kappa shape index (κ3) is 5.50. The number of rotatable bonds is 8. The molecule has 0 radical (unpaired) electrons. The van der Waals surface area contributed by atoms with Crippen LogP contribution in [0.15, 0.2) is 94.7 Å². The Morgan fingerprint density at radius 1 is 0.900 bits per heavy atom. The number of benzene rings is 3. The third-order valence-corrected chi connectivity index (χ3v) is 7.60. The molecular weight excluding hydrogens is 416 g/mol. The van der Waals surface area contributed by atoms with Gasteiger partial charge >= 0.3 is 0 Å². The Balaban J connectivity index is 1.72. The first-order chi connectivity index (χ1) is 14.4. The van der Waals surface area contributed by atoms with Crippen LogP contribution >= 0.6 is 11.8 Å². The monoisotopic (exact) mass is 440 g/mol. The van der Waals surface area contributed by atoms with E-state index in [0.717, 1.165) is 16.0 Å². The van der Waals surface area contributed by atoms with E-state index in [4.69, 9.17) is 0 Å². The van der Waals surface area contributed by atoms with Crippen LogP contribution in [-0.2, 0) is 21.4 Å². The van der Waals surface area contributed by atoms with Crippen LogP contribution < -0.4 is 5.32 Å². The van der Waals surface area contributed by atoms with Crippen LogP contribution in [0.5, 0.6) is 0 Å². The molecule has 1 atom stereocenters. The first-order valence-corrected chi connectivity index (χ1v) is 11.8. The van der Waals surface area contributed by atoms with Crippen molar-refractivity contribution in [2.75, 3.05) is 14.1 Å². The molecule has 0 aromatic heterocycles. The zero-order valence-corrected chi connectivity index (χ0v) is 18.5. The van der Waals surface area contributed by atoms with E-state index in [1.807, 2.05) is 60.7 Å². The molecule has 3 aromatic carbocycles. The summed E-state index contributed by atoms with van der Waals surface area (Å²) in [6.45, 7) is 0.319. The zero-order valence-electron chi connectivity index (χ0n) is 16.9. The molecule has 1 unspecified atom stereocenters. The molecule has 0 bridgehead atoms. The summed E-state index contributed by atoms with van der Waals surface area (Å²) in [4.78, 5) is 14.2. The van der Waals surface area contributed by atoms with Gasteiger partial charge in [0.2, 0.25) is 15.9 Å². The fourth-order valence-electron chi connectivity index (χ4n) is 2.81. The molecule has 30 heavy (non-hydrogen) atoms. The highest BCUT2D eigenvalue weighted by Gasteiger charge is 2.22. The van der Waals surface area contributed by atoms with E-state index in [-0.39, 0.29) is 16.1 Å². The number of thioether (sulfide) groups is 1. The predicted octanol–water partition coefficient (Wildman–Crippen LogP) is 4.09. The molecule has 0 fully saturated rings. The molecule has 1 amide bonds. The lowest BCUT2D eigenvalue weighted by molar-refractivity contribution is -0.120. The van der Waals surface area contributed by atoms with Gasteiger partial charge in [0.05, 0.1) is 4.90 Å². The highest BCUT2D eigenvalue weighted by atomic mass is 32.2. The molecule has 3 rings (SSSR count). The number of nitrogens with one attached hydrogen (secondary N) is 1. The highest BCUT2D eigenvalue weighted by Crippen LogP contribution is 2.35. The minimum atomic E-state index is -3.47. The second kappa shape index (κ2) is 9.93. The zero-order chi connectivity index (χ0) is 21.6. The molecule has 0 heterocycles. The fourth-order valence-corrected chi connectivity index (χ4v) is 4.78. The average molecular weight is 441 g/mol. The molecule has 7 heteroatoms. The Morgan fingerprint density at radius 3 is 2.03 bits per heavy atom. The molecule has 0 aliphatic heterocycles. The predicted molar refractivity (Wildman–Crippen MR) is 121 cm³/mol. The van der Waals surface area contributed by atoms with Gasteiger partial charge in [-0.1, -0.05) is 60.7 Å². The van der Waals surface area contributed by atoms with Crippen molar-refractivity contribution in [1.82, 2.24) is 9.62 Å². The molecular formula is C23H24N2O3S2. The van der Waals surface area contributed by atoms with E-state index in [0.29, 0.717) is 6.54 Å². The van der Waals surface area contributed by atoms with Gasteiger partial charge in [-0.25, -0.2) is 12.7 Å². The minimum Gasteiger partial charge on any atom is -0.351 e. The molecule has 5 nitrogen and oxygen atoms in total. The Bertz CT molecular complexity index is 1070. The summed E-state index contributed by atoms with van der Waals surface area (Å²) >= 11 is 1.50. The fraction of sp³-hybridized carbons (Fsp3) is 0.174. The van der Waals surface area contributed by atoms with E-state index in [1.54, 1.807) is 24.3 Å². The van der Waals surface area contributed by atoms with E-state index in [2.05, 4.69) is 5.32 Å². The number of carbonyl (C=O) groups excluding carboxylic acids is 1. The van der Waals surface area contributed by atoms with E-state index < -0.39 is 10.0 Å². The molecule has 156 valence electrons. The lowest BCUT2D eigenvalue weighted by atomic mass is 10.1. The van der Waals surface area contributed by atoms with Crippen LogP contribution in [0.25, 0.3) is 0 Å². The van der Waals surface area contributed by atoms with Gasteiger partial charge in [0.25, 0.3) is 0 Å². The third-order valence-electron chi connectivity index (χ3n) is 4.51. The van der Waals surface area contributed by atoms with E-state index >= 15 is 0 Å². The van der Waals surface area contributed by atoms with Crippen LogP contribution in [0.4, 0.5) is 0 Å². The van der Waals surface area contributed by atoms with Gasteiger partial charge in [-0.05, 0) is 35.4 Å². The number of hydrogen-bond acceptors (Lipinski definition) is 4. The van der Waals surface area contributed by atoms with Crippen molar-refractivity contribution in [2.24, 2.45) is 0 Å². The van der Waals surface area contributed by atoms with Crippen LogP contribution in [-0.4, -0.2) is 32.7 Å². The van der Waals surface area contributed by atoms with Crippen molar-refractivity contribution >= 4 is 27.7 Å². The first-order valence-electron chi connectivity index (χ1n) is 9.44. The van der Waals surface area contributed by atoms with Crippen LogP contribution in [0.1, 0.15) is 16.4 Å². The van der Waals surface area contributed by atoms with Crippen molar-refractivity contribution in [1.29, 1.82) is 0 Å². The second-order valence-electron chi connectivity index (χ2n) is 6.87. The average Bonchev–Trinajstić information content (AvgIpc) is 2.77. The first kappa shape index (κ1) is 22.1. The van der Waals surface area contributed by atoms with Gasteiger partial charge in [-0.15, -0.1) is 11.8 Å². The summed E-state index contributed by atoms with van der Waals surface area (Å²) < 4.78 is 25.5. The quantitative estimate of drug-likeness (QED) is 0.536. The summed E-state index contributed by atoms with van der Waals surface area (Å²) in [7, 11) is -0.471. The standard InChI is InChI=1S/C23H24N2O3S2/c1-25(2)30(27,28)21-15-13-18(14-16-21)17-24-23(26)22(19-9-5-3-6-10-19)29-20-11-7-4-8-12-20/h3-16,22H,17H2,1-2H3,(H,24,26). The van der Waals surface area contributed by atoms with Gasteiger partial charge in [0, 0.05) is 25.5 Å². The summed E-state index contributed by atoms with van der Waals surface area (Å²) in [6.07, 6.45) is 0. The maximum Gasteiger partial charge on any atom is 0.242 e. The van der Waals surface area contributed by atoms with Gasteiger partial charge < -0.3 is 5.32 Å². The topological polar surface area (TPSA) is 66.5 Å². The van der Waals surface area contributed by atoms with Gasteiger partial charge in [0.1, 0.15) is 5.25 Å². The summed E-state index contributed by atoms with van der Waals surface area (Å²) in [5.41, 5.74) is 1.76. The molecule has 3 aromatic rings. The van der Waals surface area contributed by atoms with E-state index in [9.17, 15) is 13.2 Å². The molecule has 0 saturated heterocycles.